The molecule has 3 rings (SSSR count). The third kappa shape index (κ3) is 6.19. The van der Waals surface area contributed by atoms with E-state index in [1.54, 1.807) is 14.0 Å². The summed E-state index contributed by atoms with van der Waals surface area (Å²) in [6, 6.07) is 5.54. The average Bonchev–Trinajstić information content (AvgIpc) is 3.28. The fraction of sp³-hybridized carbons (Fsp3) is 0.391. The number of carbonyl (C=O) groups is 1. The van der Waals surface area contributed by atoms with E-state index in [1.165, 1.54) is 29.2 Å². The van der Waals surface area contributed by atoms with E-state index in [0.717, 1.165) is 6.20 Å². The summed E-state index contributed by atoms with van der Waals surface area (Å²) in [4.78, 5) is 49.4. The lowest BCUT2D eigenvalue weighted by Crippen LogP contribution is -2.58. The van der Waals surface area contributed by atoms with E-state index >= 15 is 0 Å². The standard InChI is InChI=1S/C23H29FN5O6PS/c1-3-29(23(27-2)9-8-15(11-23)36(33,34)35)22(32)18-20(31)19(30)16(12-28-18)21(26)37-17(25)10-13-4-6-14(24)7-5-13/h4-7,12,15,25-27,31H,3,8-11H2,1-2H3,(H,28,30)(H2,33,34,35). The molecular weight excluding hydrogens is 524 g/mol. The van der Waals surface area contributed by atoms with E-state index in [1.807, 2.05) is 0 Å². The van der Waals surface area contributed by atoms with Crippen LogP contribution in [-0.2, 0) is 11.0 Å². The number of aromatic hydroxyl groups is 1. The summed E-state index contributed by atoms with van der Waals surface area (Å²) in [5.41, 5.74) is -2.99. The second-order valence-electron chi connectivity index (χ2n) is 8.73. The largest absolute Gasteiger partial charge is 0.503 e. The van der Waals surface area contributed by atoms with Gasteiger partial charge in [0, 0.05) is 19.2 Å². The molecule has 1 saturated carbocycles. The van der Waals surface area contributed by atoms with Crippen LogP contribution in [0.25, 0.3) is 0 Å². The van der Waals surface area contributed by atoms with E-state index in [4.69, 9.17) is 10.8 Å². The lowest BCUT2D eigenvalue weighted by atomic mass is 10.1. The molecule has 1 aromatic heterocycles. The number of aromatic amines is 1. The minimum atomic E-state index is -4.38. The highest BCUT2D eigenvalue weighted by Crippen LogP contribution is 2.52. The molecule has 0 radical (unpaired) electrons. The van der Waals surface area contributed by atoms with Crippen molar-refractivity contribution in [2.45, 2.75) is 43.9 Å². The van der Waals surface area contributed by atoms with Gasteiger partial charge in [-0.05, 0) is 50.9 Å². The number of amides is 1. The van der Waals surface area contributed by atoms with Crippen LogP contribution in [0.15, 0.2) is 35.3 Å². The van der Waals surface area contributed by atoms with Gasteiger partial charge in [-0.15, -0.1) is 0 Å². The first-order chi connectivity index (χ1) is 17.3. The lowest BCUT2D eigenvalue weighted by Gasteiger charge is -2.41. The summed E-state index contributed by atoms with van der Waals surface area (Å²) in [6.45, 7) is 1.80. The zero-order chi connectivity index (χ0) is 27.5. The summed E-state index contributed by atoms with van der Waals surface area (Å²) in [6.07, 6.45) is 1.67. The number of hydrogen-bond donors (Lipinski definition) is 7. The van der Waals surface area contributed by atoms with Crippen LogP contribution in [0, 0.1) is 16.6 Å². The molecular formula is C23H29FN5O6PS. The molecule has 0 bridgehead atoms. The van der Waals surface area contributed by atoms with Crippen LogP contribution in [0.5, 0.6) is 5.75 Å². The number of aromatic nitrogens is 1. The maximum Gasteiger partial charge on any atom is 0.328 e. The number of nitrogens with one attached hydrogen (secondary N) is 4. The number of halogens is 1. The second kappa shape index (κ2) is 11.3. The van der Waals surface area contributed by atoms with Crippen molar-refractivity contribution in [3.05, 3.63) is 63.3 Å². The predicted octanol–water partition coefficient (Wildman–Crippen LogP) is 2.61. The Hall–Kier alpha value is -2.83. The Labute approximate surface area is 216 Å². The Balaban J connectivity index is 1.80. The summed E-state index contributed by atoms with van der Waals surface area (Å²) in [5.74, 6) is -2.05. The van der Waals surface area contributed by atoms with Crippen LogP contribution in [0.1, 0.15) is 47.8 Å². The molecule has 11 nitrogen and oxygen atoms in total. The maximum atomic E-state index is 13.4. The van der Waals surface area contributed by atoms with Gasteiger partial charge in [-0.25, -0.2) is 4.39 Å². The molecule has 2 atom stereocenters. The van der Waals surface area contributed by atoms with Crippen LogP contribution >= 0.6 is 19.4 Å². The zero-order valence-electron chi connectivity index (χ0n) is 20.2. The van der Waals surface area contributed by atoms with Crippen LogP contribution in [0.3, 0.4) is 0 Å². The smallest absolute Gasteiger partial charge is 0.328 e. The van der Waals surface area contributed by atoms with Gasteiger partial charge in [-0.3, -0.25) is 30.3 Å². The molecule has 2 aromatic rings. The van der Waals surface area contributed by atoms with E-state index < -0.39 is 47.5 Å². The summed E-state index contributed by atoms with van der Waals surface area (Å²) in [5, 5.41) is 29.6. The molecule has 1 aliphatic carbocycles. The number of nitrogens with zero attached hydrogens (tertiary/aromatic N) is 1. The van der Waals surface area contributed by atoms with Crippen molar-refractivity contribution in [2.75, 3.05) is 13.6 Å². The van der Waals surface area contributed by atoms with E-state index in [-0.39, 0.29) is 47.9 Å². The van der Waals surface area contributed by atoms with Gasteiger partial charge in [-0.1, -0.05) is 23.9 Å². The number of thioether (sulfide) groups is 1. The van der Waals surface area contributed by atoms with Gasteiger partial charge in [0.25, 0.3) is 5.91 Å². The lowest BCUT2D eigenvalue weighted by molar-refractivity contribution is 0.0405. The van der Waals surface area contributed by atoms with Crippen molar-refractivity contribution in [2.24, 2.45) is 0 Å². The Kier molecular flexibility index (Phi) is 8.76. The molecule has 1 aromatic carbocycles. The van der Waals surface area contributed by atoms with E-state index in [9.17, 15) is 33.4 Å². The fourth-order valence-electron chi connectivity index (χ4n) is 4.52. The number of benzene rings is 1. The molecule has 14 heteroatoms. The highest BCUT2D eigenvalue weighted by molar-refractivity contribution is 8.26. The van der Waals surface area contributed by atoms with E-state index in [0.29, 0.717) is 17.3 Å². The van der Waals surface area contributed by atoms with Crippen molar-refractivity contribution in [3.63, 3.8) is 0 Å². The Bertz CT molecular complexity index is 1310. The number of hydrogen-bond acceptors (Lipinski definition) is 8. The Morgan fingerprint density at radius 1 is 1.32 bits per heavy atom. The molecule has 2 unspecified atom stereocenters. The van der Waals surface area contributed by atoms with Crippen molar-refractivity contribution >= 4 is 35.4 Å². The van der Waals surface area contributed by atoms with Crippen LogP contribution in [-0.4, -0.2) is 65.7 Å². The third-order valence-electron chi connectivity index (χ3n) is 6.50. The molecule has 37 heavy (non-hydrogen) atoms. The molecule has 200 valence electrons. The van der Waals surface area contributed by atoms with Gasteiger partial charge >= 0.3 is 7.60 Å². The van der Waals surface area contributed by atoms with Gasteiger partial charge in [0.05, 0.1) is 21.9 Å². The van der Waals surface area contributed by atoms with Crippen molar-refractivity contribution in [3.8, 4) is 5.75 Å². The van der Waals surface area contributed by atoms with Crippen LogP contribution < -0.4 is 10.7 Å². The van der Waals surface area contributed by atoms with Crippen LogP contribution in [0.4, 0.5) is 4.39 Å². The van der Waals surface area contributed by atoms with Gasteiger partial charge in [0.2, 0.25) is 5.43 Å². The highest BCUT2D eigenvalue weighted by Gasteiger charge is 2.49. The van der Waals surface area contributed by atoms with Gasteiger partial charge in [0.1, 0.15) is 10.9 Å². The molecule has 1 fully saturated rings. The molecule has 7 N–H and O–H groups in total. The number of pyridine rings is 1. The first-order valence-corrected chi connectivity index (χ1v) is 13.9. The minimum absolute atomic E-state index is 0.00606. The Morgan fingerprint density at radius 3 is 2.51 bits per heavy atom. The topological polar surface area (TPSA) is 191 Å². The van der Waals surface area contributed by atoms with Gasteiger partial charge in [-0.2, -0.15) is 0 Å². The molecule has 1 aliphatic rings. The Morgan fingerprint density at radius 2 is 1.97 bits per heavy atom. The average molecular weight is 554 g/mol. The molecule has 0 spiro atoms. The number of carbonyl (C=O) groups excluding carboxylic acids is 1. The minimum Gasteiger partial charge on any atom is -0.503 e. The van der Waals surface area contributed by atoms with Crippen molar-refractivity contribution in [1.29, 1.82) is 10.8 Å². The fourth-order valence-corrected chi connectivity index (χ4v) is 6.27. The molecule has 0 saturated heterocycles. The number of rotatable bonds is 8. The monoisotopic (exact) mass is 553 g/mol. The number of H-pyrrole nitrogens is 1. The first-order valence-electron chi connectivity index (χ1n) is 11.4. The highest BCUT2D eigenvalue weighted by atomic mass is 32.2. The predicted molar refractivity (Wildman–Crippen MR) is 139 cm³/mol. The quantitative estimate of drug-likeness (QED) is 0.112. The van der Waals surface area contributed by atoms with Gasteiger partial charge in [0.15, 0.2) is 11.4 Å². The summed E-state index contributed by atoms with van der Waals surface area (Å²) < 4.78 is 24.9. The zero-order valence-corrected chi connectivity index (χ0v) is 22.0. The second-order valence-corrected chi connectivity index (χ2v) is 11.7. The molecule has 1 amide bonds. The maximum absolute atomic E-state index is 13.4. The molecule has 1 heterocycles. The summed E-state index contributed by atoms with van der Waals surface area (Å²) in [7, 11) is -2.80. The normalized spacial score (nSPS) is 19.5. The van der Waals surface area contributed by atoms with Crippen molar-refractivity contribution in [1.82, 2.24) is 15.2 Å². The van der Waals surface area contributed by atoms with Crippen molar-refractivity contribution < 1.29 is 28.6 Å². The van der Waals surface area contributed by atoms with Crippen LogP contribution in [0.2, 0.25) is 0 Å². The van der Waals surface area contributed by atoms with Gasteiger partial charge < -0.3 is 24.8 Å². The van der Waals surface area contributed by atoms with E-state index in [2.05, 4.69) is 10.3 Å². The summed E-state index contributed by atoms with van der Waals surface area (Å²) >= 11 is 0.688. The first kappa shape index (κ1) is 28.7. The molecule has 0 aliphatic heterocycles. The third-order valence-corrected chi connectivity index (χ3v) is 8.71. The SMILES string of the molecule is CCN(C(=O)c1[nH]cc(C(=N)SC(=N)Cc2ccc(F)cc2)c(=O)c1O)C1(NC)CCC(P(=O)(O)O)C1.